The molecular formula is C26H38N6O5S. The van der Waals surface area contributed by atoms with Crippen molar-refractivity contribution in [3.05, 3.63) is 35.4 Å². The Labute approximate surface area is 224 Å². The number of sulfonamides is 1. The SMILES string of the molecule is CCN(NCCNS(C)(=O)=O)c1ccc(N(C)c2cc(NC(C)=O)c(O)c3c2NC(=O)CC3(C)C)c(C)c1. The van der Waals surface area contributed by atoms with Crippen molar-refractivity contribution in [1.29, 1.82) is 0 Å². The van der Waals surface area contributed by atoms with Crippen molar-refractivity contribution in [2.24, 2.45) is 0 Å². The summed E-state index contributed by atoms with van der Waals surface area (Å²) >= 11 is 0. The summed E-state index contributed by atoms with van der Waals surface area (Å²) in [6.45, 7) is 10.5. The summed E-state index contributed by atoms with van der Waals surface area (Å²) in [5.74, 6) is -0.517. The summed E-state index contributed by atoms with van der Waals surface area (Å²) in [6.07, 6.45) is 1.33. The van der Waals surface area contributed by atoms with E-state index in [2.05, 4.69) is 20.8 Å². The molecule has 0 saturated carbocycles. The van der Waals surface area contributed by atoms with E-state index in [1.54, 1.807) is 6.07 Å². The largest absolute Gasteiger partial charge is 0.505 e. The molecule has 0 bridgehead atoms. The lowest BCUT2D eigenvalue weighted by atomic mass is 9.76. The highest BCUT2D eigenvalue weighted by Crippen LogP contribution is 2.51. The topological polar surface area (TPSA) is 143 Å². The zero-order valence-electron chi connectivity index (χ0n) is 23.0. The van der Waals surface area contributed by atoms with Gasteiger partial charge in [-0.15, -0.1) is 0 Å². The van der Waals surface area contributed by atoms with Crippen LogP contribution in [0.1, 0.15) is 45.2 Å². The van der Waals surface area contributed by atoms with Crippen molar-refractivity contribution in [1.82, 2.24) is 10.1 Å². The molecule has 1 aliphatic heterocycles. The fraction of sp³-hybridized carbons (Fsp3) is 0.462. The average molecular weight is 547 g/mol. The maximum absolute atomic E-state index is 12.6. The second-order valence-corrected chi connectivity index (χ2v) is 12.0. The third-order valence-corrected chi connectivity index (χ3v) is 7.18. The van der Waals surface area contributed by atoms with Crippen molar-refractivity contribution in [2.45, 2.75) is 46.5 Å². The number of amides is 2. The van der Waals surface area contributed by atoms with Gasteiger partial charge < -0.3 is 25.6 Å². The van der Waals surface area contributed by atoms with E-state index in [1.807, 2.05) is 62.9 Å². The fourth-order valence-corrected chi connectivity index (χ4v) is 5.27. The fourth-order valence-electron chi connectivity index (χ4n) is 4.79. The van der Waals surface area contributed by atoms with Gasteiger partial charge in [-0.25, -0.2) is 18.6 Å². The number of hydrazine groups is 1. The quantitative estimate of drug-likeness (QED) is 0.174. The summed E-state index contributed by atoms with van der Waals surface area (Å²) in [5, 5.41) is 18.6. The predicted molar refractivity (Wildman–Crippen MR) is 152 cm³/mol. The van der Waals surface area contributed by atoms with Crippen LogP contribution in [0.2, 0.25) is 0 Å². The van der Waals surface area contributed by atoms with Crippen molar-refractivity contribution in [2.75, 3.05) is 53.5 Å². The average Bonchev–Trinajstić information content (AvgIpc) is 2.78. The molecule has 0 fully saturated rings. The summed E-state index contributed by atoms with van der Waals surface area (Å²) in [4.78, 5) is 26.4. The zero-order valence-corrected chi connectivity index (χ0v) is 23.8. The van der Waals surface area contributed by atoms with E-state index in [-0.39, 0.29) is 36.2 Å². The maximum Gasteiger partial charge on any atom is 0.225 e. The molecule has 208 valence electrons. The third-order valence-electron chi connectivity index (χ3n) is 6.46. The van der Waals surface area contributed by atoms with E-state index >= 15 is 0 Å². The predicted octanol–water partition coefficient (Wildman–Crippen LogP) is 2.93. The van der Waals surface area contributed by atoms with Crippen LogP contribution in [-0.4, -0.2) is 58.3 Å². The van der Waals surface area contributed by atoms with Gasteiger partial charge in [-0.2, -0.15) is 0 Å². The zero-order chi connectivity index (χ0) is 28.4. The number of phenolic OH excluding ortho intramolecular Hbond substituents is 1. The number of aryl methyl sites for hydroxylation is 1. The lowest BCUT2D eigenvalue weighted by Gasteiger charge is -2.37. The number of anilines is 5. The molecule has 3 rings (SSSR count). The second-order valence-electron chi connectivity index (χ2n) is 10.2. The van der Waals surface area contributed by atoms with Gasteiger partial charge in [0.1, 0.15) is 5.75 Å². The lowest BCUT2D eigenvalue weighted by molar-refractivity contribution is -0.117. The van der Waals surface area contributed by atoms with Gasteiger partial charge in [-0.3, -0.25) is 9.59 Å². The van der Waals surface area contributed by atoms with Crippen LogP contribution >= 0.6 is 0 Å². The number of aromatic hydroxyl groups is 1. The summed E-state index contributed by atoms with van der Waals surface area (Å²) in [6, 6.07) is 7.58. The number of phenols is 1. The van der Waals surface area contributed by atoms with Crippen LogP contribution in [0, 0.1) is 6.92 Å². The van der Waals surface area contributed by atoms with Gasteiger partial charge in [-0.1, -0.05) is 13.8 Å². The van der Waals surface area contributed by atoms with Gasteiger partial charge in [0.15, 0.2) is 0 Å². The van der Waals surface area contributed by atoms with Crippen LogP contribution in [0.5, 0.6) is 5.75 Å². The minimum atomic E-state index is -3.25. The number of rotatable bonds is 10. The molecule has 2 aromatic rings. The number of nitrogens with one attached hydrogen (secondary N) is 4. The molecule has 0 unspecified atom stereocenters. The van der Waals surface area contributed by atoms with E-state index in [1.165, 1.54) is 6.92 Å². The molecule has 5 N–H and O–H groups in total. The lowest BCUT2D eigenvalue weighted by Crippen LogP contribution is -2.42. The van der Waals surface area contributed by atoms with Gasteiger partial charge >= 0.3 is 0 Å². The Balaban J connectivity index is 1.98. The standard InChI is InChI=1S/C26H38N6O5S/c1-8-32(27-11-12-28-38(7,36)37)18-9-10-20(16(2)13-18)31(6)21-14-19(29-17(3)33)25(35)23-24(21)30-22(34)15-26(23,4)5/h9-10,13-14,27-28,35H,8,11-12,15H2,1-7H3,(H,29,33)(H,30,34). The van der Waals surface area contributed by atoms with Gasteiger partial charge in [0.2, 0.25) is 21.8 Å². The molecule has 11 nitrogen and oxygen atoms in total. The Kier molecular flexibility index (Phi) is 8.59. The third kappa shape index (κ3) is 6.55. The molecule has 12 heteroatoms. The number of carbonyl (C=O) groups is 2. The molecule has 38 heavy (non-hydrogen) atoms. The van der Waals surface area contributed by atoms with Gasteiger partial charge in [0.25, 0.3) is 0 Å². The van der Waals surface area contributed by atoms with Crippen molar-refractivity contribution in [3.63, 3.8) is 0 Å². The van der Waals surface area contributed by atoms with Crippen LogP contribution in [0.25, 0.3) is 0 Å². The van der Waals surface area contributed by atoms with Crippen LogP contribution in [0.3, 0.4) is 0 Å². The van der Waals surface area contributed by atoms with E-state index in [9.17, 15) is 23.1 Å². The molecule has 0 radical (unpaired) electrons. The molecule has 0 spiro atoms. The van der Waals surface area contributed by atoms with E-state index in [0.29, 0.717) is 30.0 Å². The van der Waals surface area contributed by atoms with Gasteiger partial charge in [0.05, 0.1) is 29.0 Å². The minimum absolute atomic E-state index is 0.0561. The van der Waals surface area contributed by atoms with Crippen LogP contribution in [0.15, 0.2) is 24.3 Å². The van der Waals surface area contributed by atoms with Gasteiger partial charge in [-0.05, 0) is 43.7 Å². The monoisotopic (exact) mass is 546 g/mol. The summed E-state index contributed by atoms with van der Waals surface area (Å²) in [7, 11) is -1.38. The number of hydrogen-bond acceptors (Lipinski definition) is 8. The van der Waals surface area contributed by atoms with Crippen molar-refractivity contribution < 1.29 is 23.1 Å². The molecule has 0 saturated heterocycles. The number of benzene rings is 2. The maximum atomic E-state index is 12.6. The Morgan fingerprint density at radius 3 is 2.45 bits per heavy atom. The molecule has 0 atom stereocenters. The van der Waals surface area contributed by atoms with E-state index in [4.69, 9.17) is 0 Å². The highest BCUT2D eigenvalue weighted by molar-refractivity contribution is 7.88. The number of fused-ring (bicyclic) bond motifs is 1. The number of hydrogen-bond donors (Lipinski definition) is 5. The Morgan fingerprint density at radius 2 is 1.87 bits per heavy atom. The molecule has 1 heterocycles. The summed E-state index contributed by atoms with van der Waals surface area (Å²) in [5.41, 5.74) is 7.30. The van der Waals surface area contributed by atoms with Crippen LogP contribution in [0.4, 0.5) is 28.4 Å². The van der Waals surface area contributed by atoms with Crippen molar-refractivity contribution in [3.8, 4) is 5.75 Å². The molecule has 2 amide bonds. The minimum Gasteiger partial charge on any atom is -0.505 e. The molecule has 1 aliphatic rings. The highest BCUT2D eigenvalue weighted by atomic mass is 32.2. The Hall–Kier alpha value is -3.35. The molecule has 2 aromatic carbocycles. The van der Waals surface area contributed by atoms with Crippen LogP contribution in [-0.2, 0) is 25.0 Å². The normalized spacial score (nSPS) is 14.4. The number of nitrogens with zero attached hydrogens (tertiary/aromatic N) is 2. The van der Waals surface area contributed by atoms with E-state index in [0.717, 1.165) is 23.2 Å². The first-order valence-corrected chi connectivity index (χ1v) is 14.3. The van der Waals surface area contributed by atoms with Crippen molar-refractivity contribution >= 4 is 50.3 Å². The highest BCUT2D eigenvalue weighted by Gasteiger charge is 2.38. The first-order chi connectivity index (χ1) is 17.6. The molecule has 0 aromatic heterocycles. The number of carbonyl (C=O) groups excluding carboxylic acids is 2. The first kappa shape index (κ1) is 29.2. The van der Waals surface area contributed by atoms with Crippen LogP contribution < -0.4 is 30.7 Å². The molecule has 0 aliphatic carbocycles. The second kappa shape index (κ2) is 11.2. The first-order valence-electron chi connectivity index (χ1n) is 12.4. The summed E-state index contributed by atoms with van der Waals surface area (Å²) < 4.78 is 25.1. The Morgan fingerprint density at radius 1 is 1.18 bits per heavy atom. The Bertz CT molecular complexity index is 1340. The molecular weight excluding hydrogens is 508 g/mol. The van der Waals surface area contributed by atoms with Gasteiger partial charge in [0, 0.05) is 56.7 Å². The van der Waals surface area contributed by atoms with E-state index < -0.39 is 15.4 Å². The smallest absolute Gasteiger partial charge is 0.225 e.